The van der Waals surface area contributed by atoms with Crippen LogP contribution in [0.15, 0.2) is 47.5 Å². The second-order valence-electron chi connectivity index (χ2n) is 6.74. The maximum atomic E-state index is 2.39. The summed E-state index contributed by atoms with van der Waals surface area (Å²) in [7, 11) is 4.25. The maximum absolute atomic E-state index is 2.39. The summed E-state index contributed by atoms with van der Waals surface area (Å²) in [6.45, 7) is 5.55. The highest BCUT2D eigenvalue weighted by Crippen LogP contribution is 2.35. The third-order valence-corrected chi connectivity index (χ3v) is 5.08. The van der Waals surface area contributed by atoms with E-state index < -0.39 is 0 Å². The van der Waals surface area contributed by atoms with E-state index in [0.717, 1.165) is 13.0 Å². The van der Waals surface area contributed by atoms with E-state index >= 15 is 0 Å². The topological polar surface area (TPSA) is 8.17 Å². The van der Waals surface area contributed by atoms with Crippen LogP contribution in [-0.4, -0.2) is 35.4 Å². The second-order valence-corrected chi connectivity index (χ2v) is 8.39. The van der Waals surface area contributed by atoms with Crippen molar-refractivity contribution in [3.8, 4) is 0 Å². The van der Waals surface area contributed by atoms with Gasteiger partial charge in [-0.15, -0.1) is 11.8 Å². The molecule has 2 aromatic rings. The number of hydrogen-bond acceptors (Lipinski definition) is 2. The predicted octanol–water partition coefficient (Wildman–Crippen LogP) is 5.31. The van der Waals surface area contributed by atoms with Gasteiger partial charge >= 0.3 is 0 Å². The molecule has 0 aliphatic carbocycles. The lowest BCUT2D eigenvalue weighted by atomic mass is 9.97. The van der Waals surface area contributed by atoms with Crippen LogP contribution in [0, 0.1) is 0 Å². The summed E-state index contributed by atoms with van der Waals surface area (Å²) in [5, 5.41) is 0.592. The normalized spacial score (nSPS) is 15.0. The first-order chi connectivity index (χ1) is 11.5. The molecule has 1 aliphatic heterocycles. The van der Waals surface area contributed by atoms with Crippen LogP contribution in [0.3, 0.4) is 0 Å². The molecule has 0 atom stereocenters. The van der Waals surface area contributed by atoms with Crippen LogP contribution in [-0.2, 0) is 0 Å². The molecule has 0 saturated heterocycles. The molecule has 3 heteroatoms. The van der Waals surface area contributed by atoms with Gasteiger partial charge < -0.3 is 9.47 Å². The summed E-state index contributed by atoms with van der Waals surface area (Å²) in [6, 6.07) is 11.2. The molecule has 0 unspecified atom stereocenters. The fourth-order valence-corrected chi connectivity index (χ4v) is 3.87. The first-order valence-electron chi connectivity index (χ1n) is 8.56. The van der Waals surface area contributed by atoms with E-state index in [9.17, 15) is 0 Å². The van der Waals surface area contributed by atoms with Gasteiger partial charge in [-0.3, -0.25) is 0 Å². The van der Waals surface area contributed by atoms with Gasteiger partial charge in [-0.2, -0.15) is 0 Å². The minimum Gasteiger partial charge on any atom is -0.323 e. The van der Waals surface area contributed by atoms with Gasteiger partial charge in [0.2, 0.25) is 0 Å². The van der Waals surface area contributed by atoms with Crippen molar-refractivity contribution in [2.24, 2.45) is 0 Å². The molecular weight excluding hydrogens is 312 g/mol. The van der Waals surface area contributed by atoms with E-state index in [4.69, 9.17) is 0 Å². The van der Waals surface area contributed by atoms with Gasteiger partial charge in [-0.25, -0.2) is 0 Å². The number of rotatable bonds is 5. The van der Waals surface area contributed by atoms with Gasteiger partial charge in [0, 0.05) is 34.7 Å². The fourth-order valence-electron chi connectivity index (χ4n) is 2.99. The molecule has 1 aliphatic rings. The third kappa shape index (κ3) is 3.85. The Balaban J connectivity index is 2.05. The van der Waals surface area contributed by atoms with E-state index in [-0.39, 0.29) is 0 Å². The zero-order chi connectivity index (χ0) is 17.1. The molecule has 0 N–H and O–H groups in total. The van der Waals surface area contributed by atoms with E-state index in [1.807, 2.05) is 11.8 Å². The van der Waals surface area contributed by atoms with Crippen molar-refractivity contribution in [3.63, 3.8) is 0 Å². The van der Waals surface area contributed by atoms with Crippen molar-refractivity contribution < 1.29 is 0 Å². The van der Waals surface area contributed by atoms with Gasteiger partial charge in [0.25, 0.3) is 0 Å². The Morgan fingerprint density at radius 3 is 2.79 bits per heavy atom. The Kier molecular flexibility index (Phi) is 5.32. The van der Waals surface area contributed by atoms with Crippen molar-refractivity contribution in [1.82, 2.24) is 9.47 Å². The lowest BCUT2D eigenvalue weighted by molar-refractivity contribution is 0.417. The van der Waals surface area contributed by atoms with Crippen molar-refractivity contribution in [1.29, 1.82) is 0 Å². The number of nitrogens with zero attached hydrogens (tertiary/aromatic N) is 2. The molecule has 2 nitrogen and oxygen atoms in total. The van der Waals surface area contributed by atoms with Crippen molar-refractivity contribution in [3.05, 3.63) is 59.4 Å². The molecule has 0 fully saturated rings. The number of fused-ring (bicyclic) bond motifs is 2. The average molecular weight is 339 g/mol. The summed E-state index contributed by atoms with van der Waals surface area (Å²) in [5.41, 5.74) is 5.25. The van der Waals surface area contributed by atoms with Crippen LogP contribution >= 0.6 is 11.8 Å². The molecule has 0 saturated carbocycles. The highest BCUT2D eigenvalue weighted by atomic mass is 32.2. The minimum absolute atomic E-state index is 0.592. The van der Waals surface area contributed by atoms with Gasteiger partial charge in [0.1, 0.15) is 0 Å². The van der Waals surface area contributed by atoms with Crippen LogP contribution in [0.2, 0.25) is 0 Å². The highest BCUT2D eigenvalue weighted by molar-refractivity contribution is 7.99. The lowest BCUT2D eigenvalue weighted by Crippen LogP contribution is -2.12. The van der Waals surface area contributed by atoms with Gasteiger partial charge in [-0.05, 0) is 62.0 Å². The Morgan fingerprint density at radius 2 is 2.04 bits per heavy atom. The molecule has 1 aromatic carbocycles. The second kappa shape index (κ2) is 7.45. The summed E-state index contributed by atoms with van der Waals surface area (Å²) < 4.78 is 2.22. The molecule has 0 bridgehead atoms. The van der Waals surface area contributed by atoms with Crippen molar-refractivity contribution in [2.45, 2.75) is 30.4 Å². The fraction of sp³-hybridized carbons (Fsp3) is 0.333. The number of benzene rings is 1. The monoisotopic (exact) mass is 338 g/mol. The first kappa shape index (κ1) is 17.1. The Labute approximate surface area is 149 Å². The van der Waals surface area contributed by atoms with Gasteiger partial charge in [-0.1, -0.05) is 26.0 Å². The van der Waals surface area contributed by atoms with E-state index in [1.54, 1.807) is 0 Å². The number of aromatic nitrogens is 1. The molecule has 126 valence electrons. The number of hydrogen-bond donors (Lipinski definition) is 0. The summed E-state index contributed by atoms with van der Waals surface area (Å²) >= 11 is 1.93. The number of thioether (sulfide) groups is 1. The first-order valence-corrected chi connectivity index (χ1v) is 9.44. The molecule has 1 aromatic heterocycles. The smallest absolute Gasteiger partial charge is 0.0525 e. The standard InChI is InChI=1S/C21H26N2S/c1-16(2)24-18-10-9-17-11-14-23-13-6-8-21(23)19(20(17)15-18)7-5-12-22(3)4/h6-11,13-16H,5,12H2,1-4H3. The SMILES string of the molecule is CC(C)Sc1ccc2c(c1)C(=CCCN(C)C)c1cccn1C=C2. The molecule has 0 spiro atoms. The van der Waals surface area contributed by atoms with Gasteiger partial charge in [0.05, 0.1) is 5.69 Å². The quantitative estimate of drug-likeness (QED) is 0.582. The minimum atomic E-state index is 0.592. The van der Waals surface area contributed by atoms with Gasteiger partial charge in [0.15, 0.2) is 0 Å². The molecule has 0 amide bonds. The molecule has 24 heavy (non-hydrogen) atoms. The van der Waals surface area contributed by atoms with Crippen LogP contribution < -0.4 is 0 Å². The van der Waals surface area contributed by atoms with Crippen LogP contribution in [0.5, 0.6) is 0 Å². The predicted molar refractivity (Wildman–Crippen MR) is 107 cm³/mol. The van der Waals surface area contributed by atoms with Crippen LogP contribution in [0.25, 0.3) is 17.8 Å². The third-order valence-electron chi connectivity index (χ3n) is 4.08. The zero-order valence-electron chi connectivity index (χ0n) is 15.0. The zero-order valence-corrected chi connectivity index (χ0v) is 15.8. The maximum Gasteiger partial charge on any atom is 0.0525 e. The van der Waals surface area contributed by atoms with Crippen molar-refractivity contribution >= 4 is 29.6 Å². The van der Waals surface area contributed by atoms with Crippen LogP contribution in [0.4, 0.5) is 0 Å². The average Bonchev–Trinajstić information content (AvgIpc) is 2.92. The summed E-state index contributed by atoms with van der Waals surface area (Å²) in [4.78, 5) is 3.58. The summed E-state index contributed by atoms with van der Waals surface area (Å²) in [5.74, 6) is 0. The highest BCUT2D eigenvalue weighted by Gasteiger charge is 2.15. The molecule has 3 rings (SSSR count). The van der Waals surface area contributed by atoms with Crippen LogP contribution in [0.1, 0.15) is 37.1 Å². The molecule has 2 heterocycles. The van der Waals surface area contributed by atoms with E-state index in [0.29, 0.717) is 5.25 Å². The Hall–Kier alpha value is -1.71. The van der Waals surface area contributed by atoms with E-state index in [1.165, 1.54) is 27.3 Å². The lowest BCUT2D eigenvalue weighted by Gasteiger charge is -2.14. The largest absolute Gasteiger partial charge is 0.323 e. The Morgan fingerprint density at radius 1 is 1.21 bits per heavy atom. The molecule has 0 radical (unpaired) electrons. The van der Waals surface area contributed by atoms with Crippen molar-refractivity contribution in [2.75, 3.05) is 20.6 Å². The molecular formula is C21H26N2S. The van der Waals surface area contributed by atoms with E-state index in [2.05, 4.69) is 92.3 Å². The summed E-state index contributed by atoms with van der Waals surface area (Å²) in [6.07, 6.45) is 9.95. The Bertz CT molecular complexity index is 766.